The maximum Gasteiger partial charge on any atom is 0.390 e. The second kappa shape index (κ2) is 6.76. The highest BCUT2D eigenvalue weighted by Gasteiger charge is 2.42. The van der Waals surface area contributed by atoms with E-state index in [1.165, 1.54) is 0 Å². The first-order valence-corrected chi connectivity index (χ1v) is 7.02. The SMILES string of the molecule is CCNC1(C(N)=O)CCCC(N(C)CCC(F)(F)F)C1. The van der Waals surface area contributed by atoms with Crippen LogP contribution in [0, 0.1) is 0 Å². The smallest absolute Gasteiger partial charge is 0.368 e. The molecule has 0 heterocycles. The van der Waals surface area contributed by atoms with Gasteiger partial charge in [0.15, 0.2) is 0 Å². The van der Waals surface area contributed by atoms with Crippen LogP contribution in [0.5, 0.6) is 0 Å². The van der Waals surface area contributed by atoms with E-state index in [4.69, 9.17) is 5.73 Å². The van der Waals surface area contributed by atoms with Crippen molar-refractivity contribution in [2.45, 2.75) is 56.8 Å². The number of nitrogens with two attached hydrogens (primary N) is 1. The zero-order chi connectivity index (χ0) is 15.4. The minimum Gasteiger partial charge on any atom is -0.368 e. The summed E-state index contributed by atoms with van der Waals surface area (Å²) in [4.78, 5) is 13.4. The summed E-state index contributed by atoms with van der Waals surface area (Å²) in [6.07, 6.45) is -2.26. The number of likely N-dealkylation sites (N-methyl/N-ethyl adjacent to an activating group) is 1. The molecule has 0 bridgehead atoms. The molecule has 0 spiro atoms. The van der Waals surface area contributed by atoms with Gasteiger partial charge in [0.2, 0.25) is 5.91 Å². The molecular formula is C13H24F3N3O. The van der Waals surface area contributed by atoms with Gasteiger partial charge in [-0.1, -0.05) is 6.92 Å². The van der Waals surface area contributed by atoms with Gasteiger partial charge < -0.3 is 16.0 Å². The number of hydrogen-bond acceptors (Lipinski definition) is 3. The van der Waals surface area contributed by atoms with E-state index in [1.807, 2.05) is 6.92 Å². The molecule has 1 saturated carbocycles. The van der Waals surface area contributed by atoms with E-state index in [0.29, 0.717) is 19.4 Å². The molecule has 2 unspecified atom stereocenters. The van der Waals surface area contributed by atoms with Crippen LogP contribution in [0.15, 0.2) is 0 Å². The van der Waals surface area contributed by atoms with Crippen LogP contribution in [-0.4, -0.2) is 48.7 Å². The summed E-state index contributed by atoms with van der Waals surface area (Å²) < 4.78 is 36.8. The van der Waals surface area contributed by atoms with Crippen LogP contribution in [0.25, 0.3) is 0 Å². The van der Waals surface area contributed by atoms with E-state index in [9.17, 15) is 18.0 Å². The number of amides is 1. The summed E-state index contributed by atoms with van der Waals surface area (Å²) in [6.45, 7) is 2.46. The molecule has 1 aliphatic rings. The Balaban J connectivity index is 2.65. The molecule has 0 saturated heterocycles. The molecule has 2 atom stereocenters. The lowest BCUT2D eigenvalue weighted by molar-refractivity contribution is -0.139. The largest absolute Gasteiger partial charge is 0.390 e. The molecule has 0 aliphatic heterocycles. The lowest BCUT2D eigenvalue weighted by atomic mass is 9.77. The fourth-order valence-corrected chi connectivity index (χ4v) is 2.92. The van der Waals surface area contributed by atoms with Gasteiger partial charge in [0.25, 0.3) is 0 Å². The quantitative estimate of drug-likeness (QED) is 0.783. The maximum absolute atomic E-state index is 12.3. The number of carbonyl (C=O) groups is 1. The minimum absolute atomic E-state index is 0.0438. The van der Waals surface area contributed by atoms with Crippen LogP contribution in [0.1, 0.15) is 39.0 Å². The van der Waals surface area contributed by atoms with E-state index in [0.717, 1.165) is 12.8 Å². The van der Waals surface area contributed by atoms with Crippen LogP contribution in [0.2, 0.25) is 0 Å². The van der Waals surface area contributed by atoms with Crippen LogP contribution < -0.4 is 11.1 Å². The van der Waals surface area contributed by atoms with E-state index in [2.05, 4.69) is 5.32 Å². The summed E-state index contributed by atoms with van der Waals surface area (Å²) in [5.41, 5.74) is 4.72. The van der Waals surface area contributed by atoms with E-state index in [-0.39, 0.29) is 12.6 Å². The summed E-state index contributed by atoms with van der Waals surface area (Å²) in [5.74, 6) is -0.409. The lowest BCUT2D eigenvalue weighted by Gasteiger charge is -2.42. The van der Waals surface area contributed by atoms with E-state index < -0.39 is 24.0 Å². The number of nitrogens with one attached hydrogen (secondary N) is 1. The average Bonchev–Trinajstić information content (AvgIpc) is 2.35. The fraction of sp³-hybridized carbons (Fsp3) is 0.923. The summed E-state index contributed by atoms with van der Waals surface area (Å²) in [6, 6.07) is -0.0438. The van der Waals surface area contributed by atoms with Crippen molar-refractivity contribution in [3.63, 3.8) is 0 Å². The highest BCUT2D eigenvalue weighted by atomic mass is 19.4. The zero-order valence-electron chi connectivity index (χ0n) is 12.1. The normalized spacial score (nSPS) is 27.8. The van der Waals surface area contributed by atoms with Crippen molar-refractivity contribution in [3.05, 3.63) is 0 Å². The van der Waals surface area contributed by atoms with Gasteiger partial charge in [-0.3, -0.25) is 4.79 Å². The van der Waals surface area contributed by atoms with Crippen LogP contribution in [0.4, 0.5) is 13.2 Å². The predicted molar refractivity (Wildman–Crippen MR) is 71.2 cm³/mol. The molecular weight excluding hydrogens is 271 g/mol. The Kier molecular flexibility index (Phi) is 5.82. The Hall–Kier alpha value is -0.820. The third-order valence-corrected chi connectivity index (χ3v) is 4.08. The van der Waals surface area contributed by atoms with E-state index in [1.54, 1.807) is 11.9 Å². The monoisotopic (exact) mass is 295 g/mol. The Labute approximate surface area is 117 Å². The van der Waals surface area contributed by atoms with Crippen molar-refractivity contribution in [1.29, 1.82) is 0 Å². The van der Waals surface area contributed by atoms with Crippen molar-refractivity contribution in [1.82, 2.24) is 10.2 Å². The molecule has 0 aromatic heterocycles. The average molecular weight is 295 g/mol. The number of hydrogen-bond donors (Lipinski definition) is 2. The molecule has 4 nitrogen and oxygen atoms in total. The second-order valence-corrected chi connectivity index (χ2v) is 5.57. The highest BCUT2D eigenvalue weighted by Crippen LogP contribution is 2.31. The first-order valence-electron chi connectivity index (χ1n) is 7.02. The Morgan fingerprint density at radius 3 is 2.65 bits per heavy atom. The van der Waals surface area contributed by atoms with Gasteiger partial charge in [0.1, 0.15) is 0 Å². The van der Waals surface area contributed by atoms with Crippen molar-refractivity contribution in [3.8, 4) is 0 Å². The first-order chi connectivity index (χ1) is 9.20. The Bertz CT molecular complexity index is 331. The molecule has 0 aromatic rings. The first kappa shape index (κ1) is 17.2. The van der Waals surface area contributed by atoms with E-state index >= 15 is 0 Å². The summed E-state index contributed by atoms with van der Waals surface area (Å²) in [7, 11) is 1.68. The summed E-state index contributed by atoms with van der Waals surface area (Å²) in [5, 5.41) is 3.13. The molecule has 1 aliphatic carbocycles. The molecule has 7 heteroatoms. The van der Waals surface area contributed by atoms with Crippen molar-refractivity contribution in [2.75, 3.05) is 20.1 Å². The van der Waals surface area contributed by atoms with Gasteiger partial charge >= 0.3 is 6.18 Å². The topological polar surface area (TPSA) is 58.4 Å². The van der Waals surface area contributed by atoms with Gasteiger partial charge in [0, 0.05) is 12.6 Å². The maximum atomic E-state index is 12.3. The molecule has 1 rings (SSSR count). The Morgan fingerprint density at radius 1 is 1.50 bits per heavy atom. The second-order valence-electron chi connectivity index (χ2n) is 5.57. The third-order valence-electron chi connectivity index (χ3n) is 4.08. The van der Waals surface area contributed by atoms with Gasteiger partial charge in [-0.05, 0) is 39.3 Å². The van der Waals surface area contributed by atoms with Gasteiger partial charge in [-0.25, -0.2) is 0 Å². The number of rotatable bonds is 6. The molecule has 0 radical (unpaired) electrons. The molecule has 118 valence electrons. The fourth-order valence-electron chi connectivity index (χ4n) is 2.92. The number of primary amides is 1. The number of alkyl halides is 3. The highest BCUT2D eigenvalue weighted by molar-refractivity contribution is 5.84. The molecule has 1 amide bonds. The van der Waals surface area contributed by atoms with Crippen LogP contribution in [0.3, 0.4) is 0 Å². The van der Waals surface area contributed by atoms with Gasteiger partial charge in [0.05, 0.1) is 12.0 Å². The van der Waals surface area contributed by atoms with Crippen LogP contribution >= 0.6 is 0 Å². The van der Waals surface area contributed by atoms with Crippen molar-refractivity contribution >= 4 is 5.91 Å². The number of carbonyl (C=O) groups excluding carboxylic acids is 1. The lowest BCUT2D eigenvalue weighted by Crippen LogP contribution is -2.60. The Morgan fingerprint density at radius 2 is 2.15 bits per heavy atom. The van der Waals surface area contributed by atoms with Gasteiger partial charge in [-0.15, -0.1) is 0 Å². The van der Waals surface area contributed by atoms with Crippen molar-refractivity contribution < 1.29 is 18.0 Å². The number of halogens is 3. The zero-order valence-corrected chi connectivity index (χ0v) is 12.1. The molecule has 1 fully saturated rings. The summed E-state index contributed by atoms with van der Waals surface area (Å²) >= 11 is 0. The standard InChI is InChI=1S/C13H24F3N3O/c1-3-18-12(11(17)20)6-4-5-10(9-12)19(2)8-7-13(14,15)16/h10,18H,3-9H2,1-2H3,(H2,17,20). The molecule has 3 N–H and O–H groups in total. The third kappa shape index (κ3) is 4.63. The minimum atomic E-state index is -4.15. The van der Waals surface area contributed by atoms with Crippen LogP contribution in [-0.2, 0) is 4.79 Å². The molecule has 0 aromatic carbocycles. The van der Waals surface area contributed by atoms with Crippen molar-refractivity contribution in [2.24, 2.45) is 5.73 Å². The van der Waals surface area contributed by atoms with Gasteiger partial charge in [-0.2, -0.15) is 13.2 Å². The predicted octanol–water partition coefficient (Wildman–Crippen LogP) is 1.65. The number of nitrogens with zero attached hydrogens (tertiary/aromatic N) is 1. The molecule has 20 heavy (non-hydrogen) atoms.